The lowest BCUT2D eigenvalue weighted by Crippen LogP contribution is -2.37. The summed E-state index contributed by atoms with van der Waals surface area (Å²) in [6, 6.07) is 0. The Morgan fingerprint density at radius 2 is 1.87 bits per heavy atom. The molecule has 9 heteroatoms. The summed E-state index contributed by atoms with van der Waals surface area (Å²) in [6.45, 7) is 0.568. The zero-order valence-electron chi connectivity index (χ0n) is 13.9. The van der Waals surface area contributed by atoms with Gasteiger partial charge in [-0.05, 0) is 19.3 Å². The Bertz CT molecular complexity index is 441. The minimum absolute atomic E-state index is 0.0367. The van der Waals surface area contributed by atoms with E-state index >= 15 is 0 Å². The van der Waals surface area contributed by atoms with Crippen molar-refractivity contribution in [2.24, 2.45) is 0 Å². The highest BCUT2D eigenvalue weighted by atomic mass is 31.2. The van der Waals surface area contributed by atoms with E-state index in [2.05, 4.69) is 4.74 Å². The minimum Gasteiger partial charge on any atom is -0.453 e. The van der Waals surface area contributed by atoms with Crippen molar-refractivity contribution in [3.8, 4) is 12.3 Å². The molecule has 0 aliphatic carbocycles. The molecule has 0 heterocycles. The van der Waals surface area contributed by atoms with Crippen molar-refractivity contribution in [2.75, 3.05) is 47.5 Å². The second kappa shape index (κ2) is 10.8. The zero-order chi connectivity index (χ0) is 17.9. The number of carbonyl (C=O) groups is 1. The predicted octanol–water partition coefficient (Wildman–Crippen LogP) is 0.534. The summed E-state index contributed by atoms with van der Waals surface area (Å²) in [7, 11) is 1.79. The van der Waals surface area contributed by atoms with Crippen molar-refractivity contribution in [3.05, 3.63) is 0 Å². The first-order chi connectivity index (χ1) is 10.6. The number of hydrogen-bond acceptors (Lipinski definition) is 6. The van der Waals surface area contributed by atoms with Gasteiger partial charge in [0.15, 0.2) is 0 Å². The van der Waals surface area contributed by atoms with Gasteiger partial charge in [0.25, 0.3) is 0 Å². The number of nitrogens with zero attached hydrogens (tertiary/aromatic N) is 1. The maximum absolute atomic E-state index is 11.6. The zero-order valence-corrected chi connectivity index (χ0v) is 14.8. The Morgan fingerprint density at radius 3 is 2.43 bits per heavy atom. The summed E-state index contributed by atoms with van der Waals surface area (Å²) in [4.78, 5) is 20.2. The fourth-order valence-corrected chi connectivity index (χ4v) is 2.17. The fourth-order valence-electron chi connectivity index (χ4n) is 1.43. The number of esters is 1. The lowest BCUT2D eigenvalue weighted by atomic mass is 10.2. The van der Waals surface area contributed by atoms with Crippen LogP contribution in [0.3, 0.4) is 0 Å². The van der Waals surface area contributed by atoms with Gasteiger partial charge in [0.05, 0.1) is 33.9 Å². The molecule has 2 N–H and O–H groups in total. The number of unbranched alkanes of at least 4 members (excludes halogenated alkanes) is 1. The molecular weight excluding hydrogens is 325 g/mol. The van der Waals surface area contributed by atoms with Crippen molar-refractivity contribution >= 4 is 13.8 Å². The number of carbonyl (C=O) groups excluding carboxylic acids is 1. The quantitative estimate of drug-likeness (QED) is 0.132. The highest BCUT2D eigenvalue weighted by Crippen LogP contribution is 2.43. The number of terminal acetylenes is 1. The number of aliphatic hydroxyl groups excluding tert-OH is 1. The Labute approximate surface area is 137 Å². The molecule has 0 aromatic heterocycles. The Balaban J connectivity index is 3.71. The van der Waals surface area contributed by atoms with E-state index < -0.39 is 19.9 Å². The number of quaternary nitrogens is 1. The molecule has 0 aliphatic rings. The lowest BCUT2D eigenvalue weighted by molar-refractivity contribution is -0.870. The van der Waals surface area contributed by atoms with Crippen LogP contribution in [-0.4, -0.2) is 74.1 Å². The van der Waals surface area contributed by atoms with E-state index in [1.54, 1.807) is 5.92 Å². The molecule has 0 fully saturated rings. The number of hydrogen-bond donors (Lipinski definition) is 2. The number of phosphoric ester groups is 1. The van der Waals surface area contributed by atoms with Gasteiger partial charge in [-0.2, -0.15) is 0 Å². The van der Waals surface area contributed by atoms with Gasteiger partial charge < -0.3 is 19.2 Å². The number of aliphatic hydroxyl groups is 1. The molecule has 0 radical (unpaired) electrons. The first-order valence-electron chi connectivity index (χ1n) is 7.29. The molecule has 0 aromatic rings. The number of rotatable bonds is 12. The van der Waals surface area contributed by atoms with Crippen molar-refractivity contribution in [2.45, 2.75) is 25.4 Å². The average Bonchev–Trinajstić information content (AvgIpc) is 2.42. The maximum atomic E-state index is 11.6. The van der Waals surface area contributed by atoms with Gasteiger partial charge in [-0.1, -0.05) is 0 Å². The van der Waals surface area contributed by atoms with Crippen molar-refractivity contribution in [1.82, 2.24) is 0 Å². The first-order valence-corrected chi connectivity index (χ1v) is 8.79. The minimum atomic E-state index is -4.04. The Kier molecular flexibility index (Phi) is 10.3. The summed E-state index contributed by atoms with van der Waals surface area (Å²) in [5.41, 5.74) is 0. The summed E-state index contributed by atoms with van der Waals surface area (Å²) < 4.78 is 26.5. The van der Waals surface area contributed by atoms with E-state index in [1.165, 1.54) is 0 Å². The van der Waals surface area contributed by atoms with Crippen LogP contribution in [0, 0.1) is 12.3 Å². The van der Waals surface area contributed by atoms with Crippen LogP contribution in [0.1, 0.15) is 19.3 Å². The van der Waals surface area contributed by atoms with Crippen LogP contribution in [0.5, 0.6) is 0 Å². The second-order valence-corrected chi connectivity index (χ2v) is 7.49. The fraction of sp³-hybridized carbons (Fsp3) is 0.786. The smallest absolute Gasteiger partial charge is 0.453 e. The van der Waals surface area contributed by atoms with Crippen molar-refractivity contribution < 1.29 is 37.6 Å². The normalized spacial score (nSPS) is 15.5. The molecule has 0 saturated carbocycles. The van der Waals surface area contributed by atoms with Crippen molar-refractivity contribution in [3.63, 3.8) is 0 Å². The van der Waals surface area contributed by atoms with E-state index in [-0.39, 0.29) is 19.8 Å². The molecule has 0 spiro atoms. The number of ether oxygens (including phenoxy) is 1. The average molecular weight is 352 g/mol. The highest BCUT2D eigenvalue weighted by Gasteiger charge is 2.22. The Morgan fingerprint density at radius 1 is 1.26 bits per heavy atom. The van der Waals surface area contributed by atoms with E-state index in [0.717, 1.165) is 0 Å². The van der Waals surface area contributed by atoms with Crippen LogP contribution in [0.25, 0.3) is 0 Å². The van der Waals surface area contributed by atoms with Gasteiger partial charge >= 0.3 is 13.8 Å². The van der Waals surface area contributed by atoms with Crippen LogP contribution in [0.2, 0.25) is 0 Å². The van der Waals surface area contributed by atoms with Crippen LogP contribution in [0.15, 0.2) is 0 Å². The molecular formula is C14H27NO7P+. The molecule has 8 nitrogen and oxygen atoms in total. The monoisotopic (exact) mass is 352 g/mol. The van der Waals surface area contributed by atoms with Crippen LogP contribution < -0.4 is 0 Å². The molecule has 0 bridgehead atoms. The van der Waals surface area contributed by atoms with E-state index in [9.17, 15) is 19.4 Å². The van der Waals surface area contributed by atoms with Crippen LogP contribution >= 0.6 is 7.82 Å². The molecule has 2 atom stereocenters. The molecule has 0 aliphatic heterocycles. The maximum Gasteiger partial charge on any atom is 0.472 e. The summed E-state index contributed by atoms with van der Waals surface area (Å²) in [6.07, 6.45) is 5.34. The molecule has 2 unspecified atom stereocenters. The molecule has 0 amide bonds. The van der Waals surface area contributed by atoms with Gasteiger partial charge in [-0.15, -0.1) is 6.42 Å². The summed E-state index contributed by atoms with van der Waals surface area (Å²) in [5, 5.41) is 9.53. The molecule has 0 saturated heterocycles. The highest BCUT2D eigenvalue weighted by molar-refractivity contribution is 7.47. The van der Waals surface area contributed by atoms with Gasteiger partial charge in [0.2, 0.25) is 0 Å². The first kappa shape index (κ1) is 22.1. The Hall–Kier alpha value is -0.940. The molecule has 0 rings (SSSR count). The van der Waals surface area contributed by atoms with E-state index in [1.807, 2.05) is 21.1 Å². The summed E-state index contributed by atoms with van der Waals surface area (Å²) in [5.74, 6) is 0.953. The van der Waals surface area contributed by atoms with Gasteiger partial charge in [-0.3, -0.25) is 9.05 Å². The number of likely N-dealkylation sites (N-methyl/N-ethyl adjacent to an activating group) is 1. The van der Waals surface area contributed by atoms with Crippen LogP contribution in [-0.2, 0) is 23.1 Å². The van der Waals surface area contributed by atoms with E-state index in [0.29, 0.717) is 30.3 Å². The summed E-state index contributed by atoms with van der Waals surface area (Å²) >= 11 is 0. The van der Waals surface area contributed by atoms with Gasteiger partial charge in [0, 0.05) is 5.92 Å². The topological polar surface area (TPSA) is 102 Å². The lowest BCUT2D eigenvalue weighted by Gasteiger charge is -2.24. The van der Waals surface area contributed by atoms with Gasteiger partial charge in [0.1, 0.15) is 19.8 Å². The predicted molar refractivity (Wildman–Crippen MR) is 84.3 cm³/mol. The standard InChI is InChI=1S/C14H26NO7P/c1-5-14(17)20-12-13(16)8-6-7-10-21-23(18,19)22-11-9-15(2,3)4/h1,13,16H,6-12H2,2-4H3/p+1. The number of phosphoric acid groups is 1. The third-order valence-corrected chi connectivity index (χ3v) is 3.75. The van der Waals surface area contributed by atoms with Crippen LogP contribution in [0.4, 0.5) is 0 Å². The molecule has 134 valence electrons. The largest absolute Gasteiger partial charge is 0.472 e. The van der Waals surface area contributed by atoms with E-state index in [4.69, 9.17) is 15.5 Å². The van der Waals surface area contributed by atoms with Gasteiger partial charge in [-0.25, -0.2) is 9.36 Å². The second-order valence-electron chi connectivity index (χ2n) is 6.04. The third-order valence-electron chi connectivity index (χ3n) is 2.73. The third kappa shape index (κ3) is 14.4. The molecule has 0 aromatic carbocycles. The van der Waals surface area contributed by atoms with Crippen molar-refractivity contribution in [1.29, 1.82) is 0 Å². The SMILES string of the molecule is C#CC(=O)OCC(O)CCCCOP(=O)(O)OCC[N+](C)(C)C. The molecule has 23 heavy (non-hydrogen) atoms.